The molecule has 0 aliphatic rings. The van der Waals surface area contributed by atoms with Gasteiger partial charge in [-0.1, -0.05) is 6.07 Å². The summed E-state index contributed by atoms with van der Waals surface area (Å²) in [4.78, 5) is 11.8. The minimum Gasteiger partial charge on any atom is -0.508 e. The van der Waals surface area contributed by atoms with E-state index < -0.39 is 0 Å². The van der Waals surface area contributed by atoms with Gasteiger partial charge in [0.2, 0.25) is 0 Å². The van der Waals surface area contributed by atoms with Gasteiger partial charge in [-0.05, 0) is 65.1 Å². The minimum absolute atomic E-state index is 0.0836. The summed E-state index contributed by atoms with van der Waals surface area (Å²) in [7, 11) is 0. The van der Waals surface area contributed by atoms with E-state index in [-0.39, 0.29) is 11.7 Å². The molecule has 0 aromatic heterocycles. The van der Waals surface area contributed by atoms with Crippen LogP contribution in [0.2, 0.25) is 0 Å². The molecule has 0 aliphatic heterocycles. The van der Waals surface area contributed by atoms with Crippen molar-refractivity contribution >= 4 is 34.2 Å². The van der Waals surface area contributed by atoms with Crippen LogP contribution in [0.4, 0.5) is 5.69 Å². The van der Waals surface area contributed by atoms with E-state index in [1.165, 1.54) is 12.1 Å². The molecule has 17 heavy (non-hydrogen) atoms. The largest absolute Gasteiger partial charge is 0.508 e. The minimum atomic E-state index is -0.234. The molecule has 2 aromatic carbocycles. The number of carbonyl (C=O) groups is 1. The Labute approximate surface area is 113 Å². The van der Waals surface area contributed by atoms with Crippen molar-refractivity contribution in [3.05, 3.63) is 57.7 Å². The highest BCUT2D eigenvalue weighted by molar-refractivity contribution is 14.1. The van der Waals surface area contributed by atoms with E-state index in [9.17, 15) is 9.90 Å². The molecule has 2 N–H and O–H groups in total. The fraction of sp³-hybridized carbons (Fsp3) is 0. The van der Waals surface area contributed by atoms with Gasteiger partial charge in [-0.25, -0.2) is 0 Å². The number of rotatable bonds is 2. The molecule has 0 heterocycles. The molecule has 0 bridgehead atoms. The van der Waals surface area contributed by atoms with Crippen LogP contribution in [0.1, 0.15) is 10.4 Å². The molecule has 0 fully saturated rings. The lowest BCUT2D eigenvalue weighted by Crippen LogP contribution is -2.11. The highest BCUT2D eigenvalue weighted by Gasteiger charge is 2.06. The Hall–Kier alpha value is -1.56. The molecule has 0 aliphatic carbocycles. The van der Waals surface area contributed by atoms with Gasteiger partial charge >= 0.3 is 0 Å². The first kappa shape index (κ1) is 11.9. The van der Waals surface area contributed by atoms with E-state index in [0.29, 0.717) is 5.56 Å². The predicted molar refractivity (Wildman–Crippen MR) is 75.2 cm³/mol. The molecule has 4 heteroatoms. The van der Waals surface area contributed by atoms with Crippen molar-refractivity contribution in [3.63, 3.8) is 0 Å². The van der Waals surface area contributed by atoms with E-state index in [1.54, 1.807) is 12.1 Å². The smallest absolute Gasteiger partial charge is 0.255 e. The monoisotopic (exact) mass is 339 g/mol. The van der Waals surface area contributed by atoms with Crippen molar-refractivity contribution in [2.24, 2.45) is 0 Å². The molecule has 1 amide bonds. The standard InChI is InChI=1S/C13H10INO2/c14-10-4-6-11(7-5-10)15-13(17)9-2-1-3-12(16)8-9/h1-8,16H,(H,15,17). The number of benzene rings is 2. The summed E-state index contributed by atoms with van der Waals surface area (Å²) in [6, 6.07) is 13.8. The van der Waals surface area contributed by atoms with E-state index in [0.717, 1.165) is 9.26 Å². The summed E-state index contributed by atoms with van der Waals surface area (Å²) in [5.74, 6) is -0.151. The number of hydrogen-bond donors (Lipinski definition) is 2. The topological polar surface area (TPSA) is 49.3 Å². The molecule has 0 saturated carbocycles. The van der Waals surface area contributed by atoms with E-state index in [4.69, 9.17) is 0 Å². The molecule has 2 rings (SSSR count). The van der Waals surface area contributed by atoms with Crippen molar-refractivity contribution < 1.29 is 9.90 Å². The molecule has 0 atom stereocenters. The van der Waals surface area contributed by atoms with Crippen molar-refractivity contribution in [1.82, 2.24) is 0 Å². The number of hydrogen-bond acceptors (Lipinski definition) is 2. The lowest BCUT2D eigenvalue weighted by atomic mass is 10.2. The van der Waals surface area contributed by atoms with Gasteiger partial charge in [0.05, 0.1) is 0 Å². The summed E-state index contributed by atoms with van der Waals surface area (Å²) in [5, 5.41) is 12.0. The summed E-state index contributed by atoms with van der Waals surface area (Å²) in [6.45, 7) is 0. The number of anilines is 1. The summed E-state index contributed by atoms with van der Waals surface area (Å²) < 4.78 is 1.11. The van der Waals surface area contributed by atoms with Gasteiger partial charge < -0.3 is 10.4 Å². The second-order valence-electron chi connectivity index (χ2n) is 3.51. The van der Waals surface area contributed by atoms with Crippen molar-refractivity contribution in [1.29, 1.82) is 0 Å². The third-order valence-corrected chi connectivity index (χ3v) is 2.93. The SMILES string of the molecule is O=C(Nc1ccc(I)cc1)c1cccc(O)c1. The molecule has 3 nitrogen and oxygen atoms in total. The fourth-order valence-corrected chi connectivity index (χ4v) is 1.74. The maximum Gasteiger partial charge on any atom is 0.255 e. The van der Waals surface area contributed by atoms with Crippen LogP contribution in [-0.2, 0) is 0 Å². The van der Waals surface area contributed by atoms with E-state index in [1.807, 2.05) is 24.3 Å². The van der Waals surface area contributed by atoms with Crippen LogP contribution in [0.15, 0.2) is 48.5 Å². The average Bonchev–Trinajstić information content (AvgIpc) is 2.32. The Morgan fingerprint density at radius 3 is 2.47 bits per heavy atom. The van der Waals surface area contributed by atoms with Gasteiger partial charge in [0.1, 0.15) is 5.75 Å². The lowest BCUT2D eigenvalue weighted by Gasteiger charge is -2.05. The molecular weight excluding hydrogens is 329 g/mol. The van der Waals surface area contributed by atoms with Crippen LogP contribution >= 0.6 is 22.6 Å². The van der Waals surface area contributed by atoms with E-state index >= 15 is 0 Å². The molecule has 86 valence electrons. The van der Waals surface area contributed by atoms with Crippen LogP contribution in [0.5, 0.6) is 5.75 Å². The Bertz CT molecular complexity index is 537. The Morgan fingerprint density at radius 1 is 1.12 bits per heavy atom. The number of carbonyl (C=O) groups excluding carboxylic acids is 1. The lowest BCUT2D eigenvalue weighted by molar-refractivity contribution is 0.102. The highest BCUT2D eigenvalue weighted by atomic mass is 127. The number of amides is 1. The van der Waals surface area contributed by atoms with Gasteiger partial charge in [-0.3, -0.25) is 4.79 Å². The Balaban J connectivity index is 2.14. The van der Waals surface area contributed by atoms with Crippen molar-refractivity contribution in [3.8, 4) is 5.75 Å². The molecule has 0 radical (unpaired) electrons. The molecule has 0 spiro atoms. The first-order valence-corrected chi connectivity index (χ1v) is 6.09. The maximum absolute atomic E-state index is 11.8. The number of halogens is 1. The normalized spacial score (nSPS) is 9.94. The summed E-state index contributed by atoms with van der Waals surface area (Å²) in [6.07, 6.45) is 0. The van der Waals surface area contributed by atoms with Gasteiger partial charge in [0, 0.05) is 14.8 Å². The number of nitrogens with one attached hydrogen (secondary N) is 1. The number of phenolic OH excluding ortho intramolecular Hbond substituents is 1. The molecule has 0 unspecified atom stereocenters. The quantitative estimate of drug-likeness (QED) is 0.826. The third-order valence-electron chi connectivity index (χ3n) is 2.21. The third kappa shape index (κ3) is 3.20. The predicted octanol–water partition coefficient (Wildman–Crippen LogP) is 3.25. The zero-order chi connectivity index (χ0) is 12.3. The Morgan fingerprint density at radius 2 is 1.82 bits per heavy atom. The van der Waals surface area contributed by atoms with Crippen molar-refractivity contribution in [2.45, 2.75) is 0 Å². The number of aromatic hydroxyl groups is 1. The van der Waals surface area contributed by atoms with Crippen molar-refractivity contribution in [2.75, 3.05) is 5.32 Å². The first-order valence-electron chi connectivity index (χ1n) is 5.01. The van der Waals surface area contributed by atoms with Crippen LogP contribution in [-0.4, -0.2) is 11.0 Å². The summed E-state index contributed by atoms with van der Waals surface area (Å²) >= 11 is 2.20. The number of phenols is 1. The van der Waals surface area contributed by atoms with Gasteiger partial charge in [0.25, 0.3) is 5.91 Å². The van der Waals surface area contributed by atoms with Crippen LogP contribution in [0, 0.1) is 3.57 Å². The fourth-order valence-electron chi connectivity index (χ4n) is 1.38. The van der Waals surface area contributed by atoms with Crippen LogP contribution in [0.25, 0.3) is 0 Å². The Kier molecular flexibility index (Phi) is 3.63. The molecule has 2 aromatic rings. The average molecular weight is 339 g/mol. The van der Waals surface area contributed by atoms with Crippen LogP contribution in [0.3, 0.4) is 0 Å². The second-order valence-corrected chi connectivity index (χ2v) is 4.76. The zero-order valence-corrected chi connectivity index (χ0v) is 11.0. The van der Waals surface area contributed by atoms with Gasteiger partial charge in [-0.15, -0.1) is 0 Å². The molecular formula is C13H10INO2. The van der Waals surface area contributed by atoms with Crippen LogP contribution < -0.4 is 5.32 Å². The zero-order valence-electron chi connectivity index (χ0n) is 8.85. The van der Waals surface area contributed by atoms with E-state index in [2.05, 4.69) is 27.9 Å². The second kappa shape index (κ2) is 5.18. The first-order chi connectivity index (χ1) is 8.15. The van der Waals surface area contributed by atoms with Gasteiger partial charge in [0.15, 0.2) is 0 Å². The summed E-state index contributed by atoms with van der Waals surface area (Å²) in [5.41, 5.74) is 1.17. The maximum atomic E-state index is 11.8. The molecule has 0 saturated heterocycles. The highest BCUT2D eigenvalue weighted by Crippen LogP contribution is 2.15. The van der Waals surface area contributed by atoms with Gasteiger partial charge in [-0.2, -0.15) is 0 Å².